The molecular weight excluding hydrogens is 337 g/mol. The van der Waals surface area contributed by atoms with Crippen molar-refractivity contribution in [2.24, 2.45) is 0 Å². The van der Waals surface area contributed by atoms with E-state index in [0.717, 1.165) is 18.5 Å². The first-order valence-electron chi connectivity index (χ1n) is 7.22. The zero-order valence-corrected chi connectivity index (χ0v) is 12.5. The van der Waals surface area contributed by atoms with Crippen molar-refractivity contribution in [3.05, 3.63) is 53.2 Å². The highest BCUT2D eigenvalue weighted by Gasteiger charge is 2.49. The summed E-state index contributed by atoms with van der Waals surface area (Å²) < 4.78 is 52.2. The molecule has 0 amide bonds. The van der Waals surface area contributed by atoms with Crippen LogP contribution in [0.1, 0.15) is 22.8 Å². The minimum atomic E-state index is -3.38. The van der Waals surface area contributed by atoms with Gasteiger partial charge >= 0.3 is 0 Å². The molecule has 0 saturated carbocycles. The number of fused-ring (bicyclic) bond motifs is 3. The molecule has 1 heterocycles. The van der Waals surface area contributed by atoms with E-state index in [9.17, 15) is 18.3 Å². The molecule has 0 fully saturated rings. The molecule has 0 radical (unpaired) electrons. The van der Waals surface area contributed by atoms with Crippen LogP contribution in [-0.4, -0.2) is 16.0 Å². The molecule has 25 heavy (non-hydrogen) atoms. The summed E-state index contributed by atoms with van der Waals surface area (Å²) in [6.07, 6.45) is -1.71. The van der Waals surface area contributed by atoms with Crippen molar-refractivity contribution >= 4 is 11.1 Å². The van der Waals surface area contributed by atoms with E-state index in [1.807, 2.05) is 0 Å². The number of nitriles is 1. The van der Waals surface area contributed by atoms with Crippen LogP contribution in [0.15, 0.2) is 35.1 Å². The van der Waals surface area contributed by atoms with E-state index in [0.29, 0.717) is 0 Å². The van der Waals surface area contributed by atoms with E-state index in [4.69, 9.17) is 14.4 Å². The molecule has 0 aliphatic heterocycles. The number of hydrogen-bond donors (Lipinski definition) is 1. The van der Waals surface area contributed by atoms with Crippen molar-refractivity contribution in [3.63, 3.8) is 0 Å². The number of alkyl halides is 2. The monoisotopic (exact) mass is 346 g/mol. The largest absolute Gasteiger partial charge is 0.457 e. The van der Waals surface area contributed by atoms with Crippen LogP contribution in [0.3, 0.4) is 0 Å². The molecule has 2 aromatic carbocycles. The fourth-order valence-corrected chi connectivity index (χ4v) is 2.97. The third kappa shape index (κ3) is 2.40. The van der Waals surface area contributed by atoms with Gasteiger partial charge in [-0.1, -0.05) is 0 Å². The van der Waals surface area contributed by atoms with Crippen molar-refractivity contribution in [1.82, 2.24) is 4.98 Å². The van der Waals surface area contributed by atoms with Gasteiger partial charge in [-0.25, -0.2) is 18.2 Å². The normalized spacial score (nSPS) is 18.1. The van der Waals surface area contributed by atoms with Crippen LogP contribution in [0.5, 0.6) is 11.5 Å². The van der Waals surface area contributed by atoms with Crippen LogP contribution in [0, 0.1) is 17.1 Å². The molecule has 0 saturated heterocycles. The predicted octanol–water partition coefficient (Wildman–Crippen LogP) is 3.86. The van der Waals surface area contributed by atoms with Gasteiger partial charge in [-0.05, 0) is 12.1 Å². The number of benzene rings is 2. The highest BCUT2D eigenvalue weighted by atomic mass is 19.3. The first kappa shape index (κ1) is 15.5. The molecule has 5 nitrogen and oxygen atoms in total. The summed E-state index contributed by atoms with van der Waals surface area (Å²) in [5.74, 6) is -4.11. The lowest BCUT2D eigenvalue weighted by Crippen LogP contribution is -2.21. The molecule has 126 valence electrons. The maximum Gasteiger partial charge on any atom is 0.281 e. The predicted molar refractivity (Wildman–Crippen MR) is 78.8 cm³/mol. The SMILES string of the molecule is N#Cc1cc(F)cc(Oc2cc3ocnc3c3c2CC(F)(F)C3O)c1. The maximum atomic E-state index is 14.0. The fourth-order valence-electron chi connectivity index (χ4n) is 2.97. The zero-order chi connectivity index (χ0) is 17.8. The topological polar surface area (TPSA) is 79.3 Å². The summed E-state index contributed by atoms with van der Waals surface area (Å²) in [5, 5.41) is 18.8. The number of ether oxygens (including phenoxy) is 1. The van der Waals surface area contributed by atoms with Crippen molar-refractivity contribution < 1.29 is 27.4 Å². The molecule has 1 aliphatic rings. The smallest absolute Gasteiger partial charge is 0.281 e. The Bertz CT molecular complexity index is 1040. The third-order valence-electron chi connectivity index (χ3n) is 4.05. The fraction of sp³-hybridized carbons (Fsp3) is 0.176. The standard InChI is InChI=1S/C17H9F3N2O3/c18-9-1-8(6-21)2-10(3-9)25-12-4-13-15(22-7-24-13)14-11(12)5-17(19,20)16(14)23/h1-4,7,16,23H,5H2. The Morgan fingerprint density at radius 1 is 1.32 bits per heavy atom. The Hall–Kier alpha value is -3.05. The van der Waals surface area contributed by atoms with Gasteiger partial charge in [0, 0.05) is 29.7 Å². The molecule has 1 unspecified atom stereocenters. The highest BCUT2D eigenvalue weighted by Crippen LogP contribution is 2.50. The number of aliphatic hydroxyl groups excluding tert-OH is 1. The quantitative estimate of drug-likeness (QED) is 0.762. The van der Waals surface area contributed by atoms with E-state index in [2.05, 4.69) is 4.98 Å². The summed E-state index contributed by atoms with van der Waals surface area (Å²) >= 11 is 0. The average Bonchev–Trinajstić information content (AvgIpc) is 3.10. The molecular formula is C17H9F3N2O3. The number of nitrogens with zero attached hydrogens (tertiary/aromatic N) is 2. The van der Waals surface area contributed by atoms with Crippen LogP contribution >= 0.6 is 0 Å². The van der Waals surface area contributed by atoms with Crippen LogP contribution in [0.4, 0.5) is 13.2 Å². The summed E-state index contributed by atoms with van der Waals surface area (Å²) in [6, 6.07) is 6.47. The van der Waals surface area contributed by atoms with Gasteiger partial charge in [0.05, 0.1) is 11.6 Å². The Labute approximate surface area is 138 Å². The Kier molecular flexibility index (Phi) is 3.23. The molecule has 0 bridgehead atoms. The maximum absolute atomic E-state index is 14.0. The van der Waals surface area contributed by atoms with Crippen molar-refractivity contribution in [2.45, 2.75) is 18.4 Å². The van der Waals surface area contributed by atoms with Gasteiger partial charge in [0.2, 0.25) is 0 Å². The van der Waals surface area contributed by atoms with Gasteiger partial charge in [-0.3, -0.25) is 0 Å². The molecule has 8 heteroatoms. The Morgan fingerprint density at radius 3 is 2.88 bits per heavy atom. The van der Waals surface area contributed by atoms with Crippen LogP contribution in [0.2, 0.25) is 0 Å². The van der Waals surface area contributed by atoms with Gasteiger partial charge < -0.3 is 14.3 Å². The molecule has 1 N–H and O–H groups in total. The van der Waals surface area contributed by atoms with Crippen molar-refractivity contribution in [3.8, 4) is 17.6 Å². The van der Waals surface area contributed by atoms with Crippen LogP contribution in [-0.2, 0) is 6.42 Å². The zero-order valence-electron chi connectivity index (χ0n) is 12.5. The van der Waals surface area contributed by atoms with Gasteiger partial charge in [0.25, 0.3) is 5.92 Å². The third-order valence-corrected chi connectivity index (χ3v) is 4.05. The van der Waals surface area contributed by atoms with E-state index in [1.165, 1.54) is 12.1 Å². The molecule has 4 rings (SSSR count). The summed E-state index contributed by atoms with van der Waals surface area (Å²) in [5.41, 5.74) is 0.314. The average molecular weight is 346 g/mol. The number of aromatic nitrogens is 1. The number of hydrogen-bond acceptors (Lipinski definition) is 5. The van der Waals surface area contributed by atoms with Crippen LogP contribution in [0.25, 0.3) is 11.1 Å². The molecule has 1 atom stereocenters. The van der Waals surface area contributed by atoms with Gasteiger partial charge in [0.15, 0.2) is 12.0 Å². The van der Waals surface area contributed by atoms with Gasteiger partial charge in [-0.15, -0.1) is 0 Å². The summed E-state index contributed by atoms with van der Waals surface area (Å²) in [6.45, 7) is 0. The second-order valence-electron chi connectivity index (χ2n) is 5.70. The van der Waals surface area contributed by atoms with E-state index < -0.39 is 24.3 Å². The molecule has 3 aromatic rings. The number of rotatable bonds is 2. The lowest BCUT2D eigenvalue weighted by molar-refractivity contribution is -0.0964. The lowest BCUT2D eigenvalue weighted by Gasteiger charge is -2.13. The number of halogens is 3. The first-order valence-corrected chi connectivity index (χ1v) is 7.22. The molecule has 1 aliphatic carbocycles. The highest BCUT2D eigenvalue weighted by molar-refractivity contribution is 5.82. The first-order chi connectivity index (χ1) is 11.9. The van der Waals surface area contributed by atoms with Gasteiger partial charge in [0.1, 0.15) is 28.9 Å². The van der Waals surface area contributed by atoms with E-state index in [1.54, 1.807) is 6.07 Å². The van der Waals surface area contributed by atoms with E-state index in [-0.39, 0.29) is 39.3 Å². The molecule has 0 spiro atoms. The molecule has 1 aromatic heterocycles. The van der Waals surface area contributed by atoms with Gasteiger partial charge in [-0.2, -0.15) is 5.26 Å². The second-order valence-corrected chi connectivity index (χ2v) is 5.70. The second kappa shape index (κ2) is 5.22. The minimum absolute atomic E-state index is 0.00929. The summed E-state index contributed by atoms with van der Waals surface area (Å²) in [7, 11) is 0. The Balaban J connectivity index is 1.87. The minimum Gasteiger partial charge on any atom is -0.457 e. The summed E-state index contributed by atoms with van der Waals surface area (Å²) in [4.78, 5) is 3.88. The van der Waals surface area contributed by atoms with Crippen molar-refractivity contribution in [2.75, 3.05) is 0 Å². The number of aliphatic hydroxyl groups is 1. The lowest BCUT2D eigenvalue weighted by atomic mass is 10.1. The van der Waals surface area contributed by atoms with Crippen LogP contribution < -0.4 is 4.74 Å². The van der Waals surface area contributed by atoms with E-state index >= 15 is 0 Å². The van der Waals surface area contributed by atoms with Crippen molar-refractivity contribution in [1.29, 1.82) is 5.26 Å². The Morgan fingerprint density at radius 2 is 2.12 bits per heavy atom. The number of oxazole rings is 1.